The second-order valence-electron chi connectivity index (χ2n) is 3.95. The molecule has 0 saturated carbocycles. The molecule has 0 spiro atoms. The number of piperidine rings is 1. The molecule has 1 heteroatoms. The molecule has 1 aliphatic rings. The third kappa shape index (κ3) is 8.15. The van der Waals surface area contributed by atoms with Gasteiger partial charge >= 0.3 is 0 Å². The van der Waals surface area contributed by atoms with E-state index in [0.717, 1.165) is 6.04 Å². The first kappa shape index (κ1) is 18.3. The fourth-order valence-corrected chi connectivity index (χ4v) is 2.26. The maximum atomic E-state index is 2.70. The lowest BCUT2D eigenvalue weighted by molar-refractivity contribution is 0.150. The van der Waals surface area contributed by atoms with Crippen LogP contribution in [0.15, 0.2) is 0 Å². The molecule has 16 heavy (non-hydrogen) atoms. The van der Waals surface area contributed by atoms with E-state index in [1.807, 2.05) is 27.7 Å². The van der Waals surface area contributed by atoms with Crippen LogP contribution in [0.4, 0.5) is 0 Å². The molecule has 0 aliphatic carbocycles. The van der Waals surface area contributed by atoms with Crippen LogP contribution in [0.2, 0.25) is 0 Å². The Balaban J connectivity index is 0. The Morgan fingerprint density at radius 1 is 0.875 bits per heavy atom. The Labute approximate surface area is 105 Å². The number of hydrogen-bond acceptors (Lipinski definition) is 1. The lowest BCUT2D eigenvalue weighted by Gasteiger charge is -2.33. The summed E-state index contributed by atoms with van der Waals surface area (Å²) in [6.07, 6.45) is 8.40. The SMILES string of the molecule is CC.CC.CCCC(CC)N1CCCCC1. The Morgan fingerprint density at radius 3 is 1.75 bits per heavy atom. The van der Waals surface area contributed by atoms with Gasteiger partial charge in [0.05, 0.1) is 0 Å². The predicted molar refractivity (Wildman–Crippen MR) is 77.1 cm³/mol. The van der Waals surface area contributed by atoms with E-state index in [1.165, 1.54) is 51.6 Å². The van der Waals surface area contributed by atoms with Crippen molar-refractivity contribution in [1.29, 1.82) is 0 Å². The molecule has 1 fully saturated rings. The van der Waals surface area contributed by atoms with Crippen molar-refractivity contribution in [3.8, 4) is 0 Å². The molecule has 1 nitrogen and oxygen atoms in total. The highest BCUT2D eigenvalue weighted by molar-refractivity contribution is 4.73. The summed E-state index contributed by atoms with van der Waals surface area (Å²) in [5.41, 5.74) is 0. The summed E-state index contributed by atoms with van der Waals surface area (Å²) in [6, 6.07) is 0.885. The molecule has 0 radical (unpaired) electrons. The largest absolute Gasteiger partial charge is 0.300 e. The van der Waals surface area contributed by atoms with Crippen molar-refractivity contribution in [1.82, 2.24) is 4.90 Å². The smallest absolute Gasteiger partial charge is 0.00925 e. The van der Waals surface area contributed by atoms with Gasteiger partial charge in [-0.05, 0) is 38.8 Å². The van der Waals surface area contributed by atoms with Crippen LogP contribution in [-0.2, 0) is 0 Å². The summed E-state index contributed by atoms with van der Waals surface area (Å²) in [6.45, 7) is 15.3. The van der Waals surface area contributed by atoms with Crippen molar-refractivity contribution in [2.75, 3.05) is 13.1 Å². The molecule has 0 amide bonds. The maximum absolute atomic E-state index is 2.70. The zero-order valence-corrected chi connectivity index (χ0v) is 12.7. The molecular weight excluding hydrogens is 194 g/mol. The summed E-state index contributed by atoms with van der Waals surface area (Å²) >= 11 is 0. The van der Waals surface area contributed by atoms with E-state index in [2.05, 4.69) is 18.7 Å². The predicted octanol–water partition coefficient (Wildman–Crippen LogP) is 5.10. The van der Waals surface area contributed by atoms with Crippen LogP contribution < -0.4 is 0 Å². The van der Waals surface area contributed by atoms with E-state index < -0.39 is 0 Å². The second kappa shape index (κ2) is 15.0. The topological polar surface area (TPSA) is 3.24 Å². The van der Waals surface area contributed by atoms with Crippen molar-refractivity contribution in [3.63, 3.8) is 0 Å². The van der Waals surface area contributed by atoms with Gasteiger partial charge in [-0.2, -0.15) is 0 Å². The van der Waals surface area contributed by atoms with Crippen molar-refractivity contribution in [3.05, 3.63) is 0 Å². The number of hydrogen-bond donors (Lipinski definition) is 0. The number of likely N-dealkylation sites (tertiary alicyclic amines) is 1. The van der Waals surface area contributed by atoms with Crippen molar-refractivity contribution >= 4 is 0 Å². The Hall–Kier alpha value is -0.0400. The van der Waals surface area contributed by atoms with Crippen LogP contribution in [0.1, 0.15) is 80.1 Å². The molecule has 1 saturated heterocycles. The van der Waals surface area contributed by atoms with Crippen LogP contribution in [0.5, 0.6) is 0 Å². The van der Waals surface area contributed by atoms with Gasteiger partial charge < -0.3 is 4.90 Å². The highest BCUT2D eigenvalue weighted by Gasteiger charge is 2.17. The van der Waals surface area contributed by atoms with E-state index in [1.54, 1.807) is 0 Å². The van der Waals surface area contributed by atoms with E-state index in [4.69, 9.17) is 0 Å². The third-order valence-electron chi connectivity index (χ3n) is 3.00. The zero-order chi connectivity index (χ0) is 12.8. The first-order valence-electron chi connectivity index (χ1n) is 7.62. The van der Waals surface area contributed by atoms with Gasteiger partial charge in [0.25, 0.3) is 0 Å². The van der Waals surface area contributed by atoms with Crippen molar-refractivity contribution in [2.45, 2.75) is 86.1 Å². The average Bonchev–Trinajstić information content (AvgIpc) is 2.41. The summed E-state index contributed by atoms with van der Waals surface area (Å²) in [7, 11) is 0. The molecule has 0 aromatic heterocycles. The van der Waals surface area contributed by atoms with Gasteiger partial charge in [0.2, 0.25) is 0 Å². The van der Waals surface area contributed by atoms with Gasteiger partial charge in [-0.3, -0.25) is 0 Å². The highest BCUT2D eigenvalue weighted by Crippen LogP contribution is 2.17. The zero-order valence-electron chi connectivity index (χ0n) is 12.7. The number of nitrogens with zero attached hydrogens (tertiary/aromatic N) is 1. The van der Waals surface area contributed by atoms with E-state index >= 15 is 0 Å². The Morgan fingerprint density at radius 2 is 1.38 bits per heavy atom. The summed E-state index contributed by atoms with van der Waals surface area (Å²) < 4.78 is 0. The van der Waals surface area contributed by atoms with Crippen molar-refractivity contribution in [2.24, 2.45) is 0 Å². The minimum Gasteiger partial charge on any atom is -0.300 e. The van der Waals surface area contributed by atoms with Crippen LogP contribution >= 0.6 is 0 Å². The average molecular weight is 229 g/mol. The summed E-state index contributed by atoms with van der Waals surface area (Å²) in [5.74, 6) is 0. The molecule has 1 unspecified atom stereocenters. The molecule has 0 bridgehead atoms. The first-order valence-corrected chi connectivity index (χ1v) is 7.62. The number of rotatable bonds is 4. The molecule has 1 aliphatic heterocycles. The van der Waals surface area contributed by atoms with Gasteiger partial charge in [-0.25, -0.2) is 0 Å². The quantitative estimate of drug-likeness (QED) is 0.648. The Bertz CT molecular complexity index is 103. The molecule has 0 aromatic rings. The minimum absolute atomic E-state index is 0.885. The highest BCUT2D eigenvalue weighted by atomic mass is 15.2. The fraction of sp³-hybridized carbons (Fsp3) is 1.00. The normalized spacial score (nSPS) is 17.6. The molecule has 1 atom stereocenters. The molecule has 100 valence electrons. The summed E-state index contributed by atoms with van der Waals surface area (Å²) in [4.78, 5) is 2.70. The maximum Gasteiger partial charge on any atom is 0.00925 e. The molecular formula is C15H35N. The van der Waals surface area contributed by atoms with Crippen molar-refractivity contribution < 1.29 is 0 Å². The standard InChI is InChI=1S/C11H23N.2C2H6/c1-3-8-11(4-2)12-9-6-5-7-10-12;2*1-2/h11H,3-10H2,1-2H3;2*1-2H3. The lowest BCUT2D eigenvalue weighted by Crippen LogP contribution is -2.38. The van der Waals surface area contributed by atoms with Crippen LogP contribution in [0.3, 0.4) is 0 Å². The molecule has 0 aromatic carbocycles. The van der Waals surface area contributed by atoms with E-state index in [0.29, 0.717) is 0 Å². The molecule has 1 heterocycles. The van der Waals surface area contributed by atoms with Crippen LogP contribution in [-0.4, -0.2) is 24.0 Å². The van der Waals surface area contributed by atoms with E-state index in [-0.39, 0.29) is 0 Å². The Kier molecular flexibility index (Phi) is 17.1. The van der Waals surface area contributed by atoms with Gasteiger partial charge in [0, 0.05) is 6.04 Å². The monoisotopic (exact) mass is 229 g/mol. The van der Waals surface area contributed by atoms with Gasteiger partial charge in [-0.1, -0.05) is 54.4 Å². The first-order chi connectivity index (χ1) is 7.88. The summed E-state index contributed by atoms with van der Waals surface area (Å²) in [5, 5.41) is 0. The van der Waals surface area contributed by atoms with Gasteiger partial charge in [-0.15, -0.1) is 0 Å². The lowest BCUT2D eigenvalue weighted by atomic mass is 10.0. The van der Waals surface area contributed by atoms with Gasteiger partial charge in [0.15, 0.2) is 0 Å². The van der Waals surface area contributed by atoms with Gasteiger partial charge in [0.1, 0.15) is 0 Å². The fourth-order valence-electron chi connectivity index (χ4n) is 2.26. The third-order valence-corrected chi connectivity index (χ3v) is 3.00. The van der Waals surface area contributed by atoms with Crippen LogP contribution in [0, 0.1) is 0 Å². The molecule has 1 rings (SSSR count). The van der Waals surface area contributed by atoms with Crippen LogP contribution in [0.25, 0.3) is 0 Å². The molecule has 0 N–H and O–H groups in total. The minimum atomic E-state index is 0.885. The second-order valence-corrected chi connectivity index (χ2v) is 3.95. The van der Waals surface area contributed by atoms with E-state index in [9.17, 15) is 0 Å².